The van der Waals surface area contributed by atoms with Crippen molar-refractivity contribution in [3.63, 3.8) is 0 Å². The number of nitrogens with zero attached hydrogens (tertiary/aromatic N) is 4. The van der Waals surface area contributed by atoms with E-state index in [-0.39, 0.29) is 5.91 Å². The first-order valence-electron chi connectivity index (χ1n) is 9.93. The van der Waals surface area contributed by atoms with Crippen LogP contribution in [0.3, 0.4) is 0 Å². The third kappa shape index (κ3) is 4.14. The molecular weight excluding hydrogens is 348 g/mol. The van der Waals surface area contributed by atoms with Crippen LogP contribution in [0.4, 0.5) is 5.69 Å². The summed E-state index contributed by atoms with van der Waals surface area (Å²) in [5.41, 5.74) is 5.74. The number of rotatable bonds is 0. The summed E-state index contributed by atoms with van der Waals surface area (Å²) in [6, 6.07) is 16.0. The van der Waals surface area contributed by atoms with Gasteiger partial charge in [0.25, 0.3) is 0 Å². The van der Waals surface area contributed by atoms with E-state index >= 15 is 0 Å². The van der Waals surface area contributed by atoms with Gasteiger partial charge >= 0.3 is 0 Å². The van der Waals surface area contributed by atoms with Crippen LogP contribution < -0.4 is 4.90 Å². The quantitative estimate of drug-likeness (QED) is 0.522. The Hall–Kier alpha value is -2.95. The molecule has 0 radical (unpaired) electrons. The van der Waals surface area contributed by atoms with Gasteiger partial charge in [0.15, 0.2) is 0 Å². The molecule has 148 valence electrons. The van der Waals surface area contributed by atoms with Crippen molar-refractivity contribution in [2.24, 2.45) is 7.05 Å². The first-order valence-corrected chi connectivity index (χ1v) is 9.93. The van der Waals surface area contributed by atoms with Crippen molar-refractivity contribution in [1.29, 1.82) is 0 Å². The maximum absolute atomic E-state index is 12.2. The minimum atomic E-state index is 0.0135. The molecule has 0 saturated carbocycles. The van der Waals surface area contributed by atoms with E-state index in [1.54, 1.807) is 16.5 Å². The number of aromatic nitrogens is 3. The van der Waals surface area contributed by atoms with Crippen molar-refractivity contribution in [3.8, 4) is 22.5 Å². The molecule has 0 N–H and O–H groups in total. The molecule has 0 spiro atoms. The molecule has 1 aliphatic rings. The highest BCUT2D eigenvalue weighted by molar-refractivity contribution is 5.99. The van der Waals surface area contributed by atoms with Crippen molar-refractivity contribution < 1.29 is 4.79 Å². The molecule has 1 aromatic heterocycles. The molecule has 28 heavy (non-hydrogen) atoms. The Balaban J connectivity index is 0.000000514. The minimum absolute atomic E-state index is 0.0135. The second-order valence-electron chi connectivity index (χ2n) is 6.40. The van der Waals surface area contributed by atoms with E-state index < -0.39 is 0 Å². The Morgan fingerprint density at radius 1 is 1.00 bits per heavy atom. The predicted molar refractivity (Wildman–Crippen MR) is 116 cm³/mol. The van der Waals surface area contributed by atoms with E-state index in [9.17, 15) is 4.79 Å². The second kappa shape index (κ2) is 9.83. The first-order chi connectivity index (χ1) is 13.6. The maximum Gasteiger partial charge on any atom is 0.224 e. The fraction of sp³-hybridized carbons (Fsp3) is 0.348. The SMILES string of the molecule is CC.CC(=O)N1Cc2ccccc2-c2c(nnn2C)-c2ccccc21.CCC. The number of carbonyl (C=O) groups is 1. The number of amides is 1. The topological polar surface area (TPSA) is 51.0 Å². The Morgan fingerprint density at radius 3 is 2.21 bits per heavy atom. The van der Waals surface area contributed by atoms with Crippen LogP contribution in [0, 0.1) is 0 Å². The summed E-state index contributed by atoms with van der Waals surface area (Å²) in [6.45, 7) is 10.4. The zero-order valence-corrected chi connectivity index (χ0v) is 17.7. The zero-order valence-electron chi connectivity index (χ0n) is 17.7. The number of hydrogen-bond donors (Lipinski definition) is 0. The Morgan fingerprint density at radius 2 is 1.57 bits per heavy atom. The van der Waals surface area contributed by atoms with Crippen molar-refractivity contribution in [1.82, 2.24) is 15.0 Å². The van der Waals surface area contributed by atoms with E-state index in [0.717, 1.165) is 33.8 Å². The molecule has 3 aromatic rings. The number of aryl methyl sites for hydroxylation is 1. The molecule has 4 rings (SSSR count). The summed E-state index contributed by atoms with van der Waals surface area (Å²) in [5, 5.41) is 8.58. The highest BCUT2D eigenvalue weighted by Gasteiger charge is 2.26. The highest BCUT2D eigenvalue weighted by atomic mass is 16.2. The van der Waals surface area contributed by atoms with Crippen molar-refractivity contribution >= 4 is 11.6 Å². The Bertz CT molecular complexity index is 930. The fourth-order valence-electron chi connectivity index (χ4n) is 3.18. The third-order valence-electron chi connectivity index (χ3n) is 4.26. The van der Waals surface area contributed by atoms with Gasteiger partial charge in [-0.1, -0.05) is 81.8 Å². The van der Waals surface area contributed by atoms with Crippen LogP contribution in [0.15, 0.2) is 48.5 Å². The zero-order chi connectivity index (χ0) is 20.7. The Kier molecular flexibility index (Phi) is 7.50. The number of benzene rings is 2. The smallest absolute Gasteiger partial charge is 0.224 e. The molecule has 0 saturated heterocycles. The molecule has 0 unspecified atom stereocenters. The van der Waals surface area contributed by atoms with Crippen LogP contribution in [-0.2, 0) is 18.4 Å². The van der Waals surface area contributed by atoms with Gasteiger partial charge < -0.3 is 4.90 Å². The second-order valence-corrected chi connectivity index (χ2v) is 6.40. The molecule has 0 bridgehead atoms. The van der Waals surface area contributed by atoms with E-state index in [2.05, 4.69) is 36.3 Å². The molecule has 5 nitrogen and oxygen atoms in total. The van der Waals surface area contributed by atoms with Gasteiger partial charge in [0.1, 0.15) is 5.69 Å². The molecule has 0 aliphatic carbocycles. The third-order valence-corrected chi connectivity index (χ3v) is 4.26. The summed E-state index contributed by atoms with van der Waals surface area (Å²) in [5.74, 6) is 0.0135. The van der Waals surface area contributed by atoms with E-state index in [1.165, 1.54) is 6.42 Å². The van der Waals surface area contributed by atoms with Crippen molar-refractivity contribution in [2.75, 3.05) is 4.90 Å². The number of para-hydroxylation sites is 1. The van der Waals surface area contributed by atoms with E-state index in [4.69, 9.17) is 0 Å². The van der Waals surface area contributed by atoms with Gasteiger partial charge in [0.2, 0.25) is 5.91 Å². The van der Waals surface area contributed by atoms with Crippen LogP contribution >= 0.6 is 0 Å². The van der Waals surface area contributed by atoms with Crippen LogP contribution in [0.25, 0.3) is 22.5 Å². The lowest BCUT2D eigenvalue weighted by Gasteiger charge is -2.27. The Labute approximate surface area is 168 Å². The highest BCUT2D eigenvalue weighted by Crippen LogP contribution is 2.40. The summed E-state index contributed by atoms with van der Waals surface area (Å²) in [4.78, 5) is 14.0. The number of fused-ring (bicyclic) bond motifs is 5. The maximum atomic E-state index is 12.2. The molecular formula is C23H30N4O. The molecule has 2 heterocycles. The monoisotopic (exact) mass is 378 g/mol. The molecule has 1 aliphatic heterocycles. The average molecular weight is 379 g/mol. The van der Waals surface area contributed by atoms with Gasteiger partial charge in [0.05, 0.1) is 17.9 Å². The molecule has 0 fully saturated rings. The van der Waals surface area contributed by atoms with Gasteiger partial charge in [-0.05, 0) is 11.6 Å². The molecule has 2 aromatic carbocycles. The summed E-state index contributed by atoms with van der Waals surface area (Å²) < 4.78 is 1.80. The van der Waals surface area contributed by atoms with Gasteiger partial charge in [-0.2, -0.15) is 0 Å². The van der Waals surface area contributed by atoms with Crippen molar-refractivity contribution in [3.05, 3.63) is 54.1 Å². The van der Waals surface area contributed by atoms with E-state index in [1.807, 2.05) is 57.3 Å². The van der Waals surface area contributed by atoms with Crippen LogP contribution in [-0.4, -0.2) is 20.9 Å². The van der Waals surface area contributed by atoms with Crippen LogP contribution in [0.2, 0.25) is 0 Å². The largest absolute Gasteiger partial charge is 0.308 e. The van der Waals surface area contributed by atoms with Crippen molar-refractivity contribution in [2.45, 2.75) is 47.6 Å². The summed E-state index contributed by atoms with van der Waals surface area (Å²) in [6.07, 6.45) is 1.25. The standard InChI is InChI=1S/C18H16N4O.C3H8.C2H6/c1-12(23)22-11-13-7-3-4-8-14(13)18-17(19-20-21(18)2)15-9-5-6-10-16(15)22;1-3-2;1-2/h3-10H,11H2,1-2H3;3H2,1-2H3;1-2H3. The molecule has 5 heteroatoms. The van der Waals surface area contributed by atoms with E-state index in [0.29, 0.717) is 6.54 Å². The number of carbonyl (C=O) groups excluding carboxylic acids is 1. The number of anilines is 1. The normalized spacial score (nSPS) is 11.3. The summed E-state index contributed by atoms with van der Waals surface area (Å²) in [7, 11) is 1.90. The van der Waals surface area contributed by atoms with Gasteiger partial charge in [0, 0.05) is 25.1 Å². The van der Waals surface area contributed by atoms with Gasteiger partial charge in [-0.15, -0.1) is 5.10 Å². The van der Waals surface area contributed by atoms with Gasteiger partial charge in [-0.3, -0.25) is 4.79 Å². The fourth-order valence-corrected chi connectivity index (χ4v) is 3.18. The minimum Gasteiger partial charge on any atom is -0.308 e. The predicted octanol–water partition coefficient (Wildman–Crippen LogP) is 5.46. The number of hydrogen-bond acceptors (Lipinski definition) is 3. The molecule has 0 atom stereocenters. The summed E-state index contributed by atoms with van der Waals surface area (Å²) >= 11 is 0. The van der Waals surface area contributed by atoms with Gasteiger partial charge in [-0.25, -0.2) is 4.68 Å². The lowest BCUT2D eigenvalue weighted by Crippen LogP contribution is -2.29. The lowest BCUT2D eigenvalue weighted by molar-refractivity contribution is -0.116. The average Bonchev–Trinajstić information content (AvgIpc) is 3.08. The van der Waals surface area contributed by atoms with Crippen LogP contribution in [0.5, 0.6) is 0 Å². The van der Waals surface area contributed by atoms with Crippen LogP contribution in [0.1, 0.15) is 46.6 Å². The molecule has 1 amide bonds. The lowest BCUT2D eigenvalue weighted by atomic mass is 9.95. The first kappa shape index (κ1) is 21.4.